The van der Waals surface area contributed by atoms with E-state index in [1.54, 1.807) is 0 Å². The molecule has 0 aromatic rings. The summed E-state index contributed by atoms with van der Waals surface area (Å²) in [7, 11) is 0. The topological polar surface area (TPSA) is 37.3 Å². The predicted molar refractivity (Wildman–Crippen MR) is 69.0 cm³/mol. The quantitative estimate of drug-likeness (QED) is 0.503. The summed E-state index contributed by atoms with van der Waals surface area (Å²) in [6.45, 7) is 2.17. The fourth-order valence-electron chi connectivity index (χ4n) is 1.93. The number of aliphatic carboxylic acids is 1. The second-order valence-electron chi connectivity index (χ2n) is 4.97. The summed E-state index contributed by atoms with van der Waals surface area (Å²) in [6, 6.07) is 0. The molecular weight excluding hydrogens is 238 g/mol. The maximum Gasteiger partial charge on any atom is 0.303 e. The van der Waals surface area contributed by atoms with Crippen molar-refractivity contribution >= 4 is 5.97 Å². The molecule has 0 unspecified atom stereocenters. The zero-order valence-electron chi connectivity index (χ0n) is 11.4. The molecule has 0 aliphatic heterocycles. The Kier molecular flexibility index (Phi) is 9.89. The third kappa shape index (κ3) is 11.8. The van der Waals surface area contributed by atoms with Crippen molar-refractivity contribution in [3.8, 4) is 0 Å². The minimum atomic E-state index is -2.80. The van der Waals surface area contributed by atoms with E-state index in [1.807, 2.05) is 0 Å². The first kappa shape index (κ1) is 17.3. The van der Waals surface area contributed by atoms with E-state index in [-0.39, 0.29) is 6.42 Å². The van der Waals surface area contributed by atoms with Gasteiger partial charge in [0.25, 0.3) is 0 Å². The number of alkyl halides is 2. The molecule has 0 saturated heterocycles. The number of carboxylic acid groups (broad SMARTS) is 1. The van der Waals surface area contributed by atoms with Crippen molar-refractivity contribution in [2.24, 2.45) is 0 Å². The molecule has 0 amide bonds. The largest absolute Gasteiger partial charge is 0.481 e. The molecule has 0 radical (unpaired) electrons. The molecule has 18 heavy (non-hydrogen) atoms. The van der Waals surface area contributed by atoms with Crippen LogP contribution in [0.4, 0.5) is 8.78 Å². The lowest BCUT2D eigenvalue weighted by atomic mass is 10.0. The predicted octanol–water partition coefficient (Wildman–Crippen LogP) is 5.02. The van der Waals surface area contributed by atoms with Gasteiger partial charge in [-0.3, -0.25) is 4.79 Å². The third-order valence-corrected chi connectivity index (χ3v) is 3.10. The molecule has 0 fully saturated rings. The van der Waals surface area contributed by atoms with Crippen LogP contribution in [0.1, 0.15) is 77.6 Å². The van der Waals surface area contributed by atoms with Gasteiger partial charge in [-0.2, -0.15) is 0 Å². The van der Waals surface area contributed by atoms with Crippen molar-refractivity contribution in [2.45, 2.75) is 83.5 Å². The molecule has 2 nitrogen and oxygen atoms in total. The number of unbranched alkanes of at least 4 members (excludes halogenated alkanes) is 7. The summed E-state index contributed by atoms with van der Waals surface area (Å²) in [5, 5.41) is 8.36. The highest BCUT2D eigenvalue weighted by Crippen LogP contribution is 2.27. The zero-order valence-corrected chi connectivity index (χ0v) is 11.4. The van der Waals surface area contributed by atoms with Crippen molar-refractivity contribution in [1.29, 1.82) is 0 Å². The zero-order chi connectivity index (χ0) is 13.9. The van der Waals surface area contributed by atoms with E-state index >= 15 is 0 Å². The van der Waals surface area contributed by atoms with Crippen molar-refractivity contribution in [2.75, 3.05) is 0 Å². The molecule has 0 spiro atoms. The summed E-state index contributed by atoms with van der Waals surface area (Å²) in [5.41, 5.74) is 0. The Morgan fingerprint density at radius 2 is 1.44 bits per heavy atom. The average Bonchev–Trinajstić information content (AvgIpc) is 2.30. The number of hydrogen-bond donors (Lipinski definition) is 1. The monoisotopic (exact) mass is 264 g/mol. The first-order valence-electron chi connectivity index (χ1n) is 7.07. The Hall–Kier alpha value is -0.670. The maximum absolute atomic E-state index is 13.2. The van der Waals surface area contributed by atoms with Crippen LogP contribution in [-0.2, 0) is 4.79 Å². The Morgan fingerprint density at radius 1 is 0.944 bits per heavy atom. The number of halogens is 2. The van der Waals surface area contributed by atoms with Gasteiger partial charge in [0, 0.05) is 12.8 Å². The van der Waals surface area contributed by atoms with Crippen molar-refractivity contribution < 1.29 is 18.7 Å². The van der Waals surface area contributed by atoms with Crippen LogP contribution in [0, 0.1) is 0 Å². The maximum atomic E-state index is 13.2. The summed E-state index contributed by atoms with van der Waals surface area (Å²) in [6.07, 6.45) is 7.24. The van der Waals surface area contributed by atoms with Crippen LogP contribution in [-0.4, -0.2) is 17.0 Å². The average molecular weight is 264 g/mol. The van der Waals surface area contributed by atoms with Gasteiger partial charge in [-0.15, -0.1) is 0 Å². The van der Waals surface area contributed by atoms with Crippen LogP contribution in [0.3, 0.4) is 0 Å². The van der Waals surface area contributed by atoms with E-state index in [0.717, 1.165) is 19.3 Å². The van der Waals surface area contributed by atoms with Crippen molar-refractivity contribution in [3.05, 3.63) is 0 Å². The molecule has 0 atom stereocenters. The standard InChI is InChI=1S/C14H26F2O2/c1-2-3-4-5-6-7-8-9-11-14(15,16)12-10-13(17)18/h2-12H2,1H3,(H,17,18). The third-order valence-electron chi connectivity index (χ3n) is 3.10. The molecule has 0 aromatic carbocycles. The van der Waals surface area contributed by atoms with Gasteiger partial charge in [-0.05, 0) is 6.42 Å². The first-order valence-corrected chi connectivity index (χ1v) is 7.07. The van der Waals surface area contributed by atoms with E-state index in [4.69, 9.17) is 5.11 Å². The van der Waals surface area contributed by atoms with E-state index < -0.39 is 24.7 Å². The lowest BCUT2D eigenvalue weighted by Crippen LogP contribution is -2.17. The smallest absolute Gasteiger partial charge is 0.303 e. The molecular formula is C14H26F2O2. The van der Waals surface area contributed by atoms with Gasteiger partial charge in [-0.1, -0.05) is 51.9 Å². The first-order chi connectivity index (χ1) is 8.48. The van der Waals surface area contributed by atoms with Crippen LogP contribution in [0.25, 0.3) is 0 Å². The second kappa shape index (κ2) is 10.3. The SMILES string of the molecule is CCCCCCCCCCC(F)(F)CCC(=O)O. The summed E-state index contributed by atoms with van der Waals surface area (Å²) < 4.78 is 26.4. The minimum Gasteiger partial charge on any atom is -0.481 e. The number of rotatable bonds is 12. The van der Waals surface area contributed by atoms with Gasteiger partial charge < -0.3 is 5.11 Å². The van der Waals surface area contributed by atoms with E-state index in [9.17, 15) is 13.6 Å². The summed E-state index contributed by atoms with van der Waals surface area (Å²) in [5.74, 6) is -3.95. The fourth-order valence-corrected chi connectivity index (χ4v) is 1.93. The van der Waals surface area contributed by atoms with Crippen LogP contribution >= 0.6 is 0 Å². The van der Waals surface area contributed by atoms with E-state index in [1.165, 1.54) is 25.7 Å². The van der Waals surface area contributed by atoms with Gasteiger partial charge >= 0.3 is 5.97 Å². The van der Waals surface area contributed by atoms with Gasteiger partial charge in [-0.25, -0.2) is 8.78 Å². The Labute approximate surface area is 109 Å². The van der Waals surface area contributed by atoms with Crippen LogP contribution in [0.15, 0.2) is 0 Å². The van der Waals surface area contributed by atoms with E-state index in [0.29, 0.717) is 6.42 Å². The lowest BCUT2D eigenvalue weighted by Gasteiger charge is -2.14. The Balaban J connectivity index is 3.38. The second-order valence-corrected chi connectivity index (χ2v) is 4.97. The summed E-state index contributed by atoms with van der Waals surface area (Å²) in [4.78, 5) is 10.2. The highest BCUT2D eigenvalue weighted by atomic mass is 19.3. The summed E-state index contributed by atoms with van der Waals surface area (Å²) >= 11 is 0. The molecule has 108 valence electrons. The number of carboxylic acids is 1. The highest BCUT2D eigenvalue weighted by Gasteiger charge is 2.28. The molecule has 4 heteroatoms. The molecule has 0 bridgehead atoms. The fraction of sp³-hybridized carbons (Fsp3) is 0.929. The van der Waals surface area contributed by atoms with Gasteiger partial charge in [0.1, 0.15) is 0 Å². The van der Waals surface area contributed by atoms with Crippen molar-refractivity contribution in [1.82, 2.24) is 0 Å². The Morgan fingerprint density at radius 3 is 1.94 bits per heavy atom. The normalized spacial score (nSPS) is 11.7. The van der Waals surface area contributed by atoms with Crippen LogP contribution in [0.5, 0.6) is 0 Å². The lowest BCUT2D eigenvalue weighted by molar-refractivity contribution is -0.139. The number of hydrogen-bond acceptors (Lipinski definition) is 1. The van der Waals surface area contributed by atoms with E-state index in [2.05, 4.69) is 6.92 Å². The van der Waals surface area contributed by atoms with Gasteiger partial charge in [0.2, 0.25) is 5.92 Å². The van der Waals surface area contributed by atoms with Crippen molar-refractivity contribution in [3.63, 3.8) is 0 Å². The minimum absolute atomic E-state index is 0.171. The Bertz CT molecular complexity index is 218. The molecule has 1 N–H and O–H groups in total. The molecule has 0 saturated carbocycles. The highest BCUT2D eigenvalue weighted by molar-refractivity contribution is 5.66. The van der Waals surface area contributed by atoms with Gasteiger partial charge in [0.15, 0.2) is 0 Å². The molecule has 0 aromatic heterocycles. The van der Waals surface area contributed by atoms with Crippen LogP contribution in [0.2, 0.25) is 0 Å². The molecule has 0 aliphatic rings. The van der Waals surface area contributed by atoms with Gasteiger partial charge in [0.05, 0.1) is 6.42 Å². The molecule has 0 aliphatic carbocycles. The molecule has 0 heterocycles. The van der Waals surface area contributed by atoms with Crippen LogP contribution < -0.4 is 0 Å². The molecule has 0 rings (SSSR count). The number of carbonyl (C=O) groups is 1.